The minimum Gasteiger partial charge on any atom is -0.493 e. The number of anilines is 2. The number of nitrogen functional groups attached to an aromatic ring is 1. The topological polar surface area (TPSA) is 47.7 Å². The zero-order valence-corrected chi connectivity index (χ0v) is 14.5. The normalized spacial score (nSPS) is 16.4. The number of fused-ring (bicyclic) bond motifs is 1. The van der Waals surface area contributed by atoms with Gasteiger partial charge < -0.3 is 20.1 Å². The number of hydrogen-bond acceptors (Lipinski definition) is 4. The van der Waals surface area contributed by atoms with E-state index in [1.165, 1.54) is 5.56 Å². The first-order valence-electron chi connectivity index (χ1n) is 8.63. The van der Waals surface area contributed by atoms with Gasteiger partial charge in [-0.15, -0.1) is 0 Å². The van der Waals surface area contributed by atoms with Crippen molar-refractivity contribution in [3.63, 3.8) is 0 Å². The molecule has 1 aliphatic heterocycles. The highest BCUT2D eigenvalue weighted by Gasteiger charge is 2.22. The Kier molecular flexibility index (Phi) is 5.14. The van der Waals surface area contributed by atoms with Gasteiger partial charge in [0.15, 0.2) is 0 Å². The molecule has 0 bridgehead atoms. The van der Waals surface area contributed by atoms with Gasteiger partial charge in [-0.1, -0.05) is 18.2 Å². The van der Waals surface area contributed by atoms with Crippen LogP contribution >= 0.6 is 0 Å². The highest BCUT2D eigenvalue weighted by Crippen LogP contribution is 2.35. The van der Waals surface area contributed by atoms with Crippen LogP contribution < -0.4 is 20.1 Å². The summed E-state index contributed by atoms with van der Waals surface area (Å²) < 4.78 is 11.8. The molecule has 4 nitrogen and oxygen atoms in total. The Morgan fingerprint density at radius 2 is 2.04 bits per heavy atom. The first-order valence-corrected chi connectivity index (χ1v) is 8.63. The van der Waals surface area contributed by atoms with Crippen LogP contribution in [0.25, 0.3) is 0 Å². The first kappa shape index (κ1) is 16.5. The van der Waals surface area contributed by atoms with Gasteiger partial charge in [-0.3, -0.25) is 0 Å². The fourth-order valence-corrected chi connectivity index (χ4v) is 3.07. The van der Waals surface area contributed by atoms with Gasteiger partial charge in [0, 0.05) is 18.3 Å². The van der Waals surface area contributed by atoms with Crippen molar-refractivity contribution < 1.29 is 9.47 Å². The second-order valence-electron chi connectivity index (χ2n) is 6.42. The van der Waals surface area contributed by atoms with Crippen LogP contribution in [0, 0.1) is 6.92 Å². The van der Waals surface area contributed by atoms with E-state index in [1.54, 1.807) is 0 Å². The molecule has 4 heteroatoms. The van der Waals surface area contributed by atoms with Gasteiger partial charge in [-0.05, 0) is 50.5 Å². The number of ether oxygens (including phenoxy) is 2. The molecule has 0 aliphatic carbocycles. The average Bonchev–Trinajstić information content (AvgIpc) is 2.55. The number of nitrogens with zero attached hydrogens (tertiary/aromatic N) is 1. The van der Waals surface area contributed by atoms with Crippen molar-refractivity contribution in [2.75, 3.05) is 30.3 Å². The Hall–Kier alpha value is -2.36. The number of aryl methyl sites for hydroxylation is 1. The lowest BCUT2D eigenvalue weighted by atomic mass is 10.1. The molecule has 0 spiro atoms. The fraction of sp³-hybridized carbons (Fsp3) is 0.400. The summed E-state index contributed by atoms with van der Waals surface area (Å²) in [7, 11) is 0. The maximum atomic E-state index is 5.89. The van der Waals surface area contributed by atoms with E-state index in [0.29, 0.717) is 0 Å². The van der Waals surface area contributed by atoms with Crippen molar-refractivity contribution in [1.82, 2.24) is 0 Å². The third-order valence-electron chi connectivity index (χ3n) is 4.30. The third kappa shape index (κ3) is 3.94. The summed E-state index contributed by atoms with van der Waals surface area (Å²) in [5.74, 6) is 1.88. The Labute approximate surface area is 144 Å². The second-order valence-corrected chi connectivity index (χ2v) is 6.42. The van der Waals surface area contributed by atoms with E-state index in [9.17, 15) is 0 Å². The number of benzene rings is 2. The number of hydrogen-bond donors (Lipinski definition) is 1. The van der Waals surface area contributed by atoms with Crippen molar-refractivity contribution >= 4 is 11.4 Å². The lowest BCUT2D eigenvalue weighted by Gasteiger charge is -2.35. The van der Waals surface area contributed by atoms with Gasteiger partial charge in [0.25, 0.3) is 0 Å². The Morgan fingerprint density at radius 3 is 2.88 bits per heavy atom. The largest absolute Gasteiger partial charge is 0.493 e. The smallest absolute Gasteiger partial charge is 0.145 e. The molecule has 1 heterocycles. The molecule has 0 saturated carbocycles. The standard InChI is InChI=1S/C20H26N2O2/c1-15-7-3-4-8-19(15)23-12-6-5-11-22-14-16(2)24-20-13-17(21)9-10-18(20)22/h3-4,7-10,13,16H,5-6,11-12,14,21H2,1-2H3. The predicted octanol–water partition coefficient (Wildman–Crippen LogP) is 4.02. The Balaban J connectivity index is 1.50. The van der Waals surface area contributed by atoms with Crippen molar-refractivity contribution in [3.8, 4) is 11.5 Å². The summed E-state index contributed by atoms with van der Waals surface area (Å²) >= 11 is 0. The van der Waals surface area contributed by atoms with E-state index in [-0.39, 0.29) is 6.10 Å². The number of unbranched alkanes of at least 4 members (excludes halogenated alkanes) is 1. The monoisotopic (exact) mass is 326 g/mol. The van der Waals surface area contributed by atoms with E-state index < -0.39 is 0 Å². The van der Waals surface area contributed by atoms with Gasteiger partial charge in [-0.2, -0.15) is 0 Å². The molecule has 0 amide bonds. The number of rotatable bonds is 6. The summed E-state index contributed by atoms with van der Waals surface area (Å²) in [4.78, 5) is 2.39. The Morgan fingerprint density at radius 1 is 1.21 bits per heavy atom. The maximum Gasteiger partial charge on any atom is 0.145 e. The maximum absolute atomic E-state index is 5.89. The molecule has 1 unspecified atom stereocenters. The molecule has 3 rings (SSSR count). The quantitative estimate of drug-likeness (QED) is 0.643. The minimum atomic E-state index is 0.183. The molecule has 24 heavy (non-hydrogen) atoms. The zero-order valence-electron chi connectivity index (χ0n) is 14.5. The van der Waals surface area contributed by atoms with Gasteiger partial charge in [0.1, 0.15) is 17.6 Å². The summed E-state index contributed by atoms with van der Waals surface area (Å²) in [5.41, 5.74) is 8.94. The van der Waals surface area contributed by atoms with E-state index in [2.05, 4.69) is 30.9 Å². The van der Waals surface area contributed by atoms with Crippen molar-refractivity contribution in [2.24, 2.45) is 0 Å². The van der Waals surface area contributed by atoms with Crippen LogP contribution in [0.5, 0.6) is 11.5 Å². The summed E-state index contributed by atoms with van der Waals surface area (Å²) in [6.07, 6.45) is 2.30. The van der Waals surface area contributed by atoms with Crippen LogP contribution in [0.1, 0.15) is 25.3 Å². The van der Waals surface area contributed by atoms with E-state index in [1.807, 2.05) is 30.3 Å². The van der Waals surface area contributed by atoms with Gasteiger partial charge >= 0.3 is 0 Å². The van der Waals surface area contributed by atoms with Crippen LogP contribution in [0.4, 0.5) is 11.4 Å². The molecule has 1 atom stereocenters. The van der Waals surface area contributed by atoms with Gasteiger partial charge in [-0.25, -0.2) is 0 Å². The predicted molar refractivity (Wildman–Crippen MR) is 99.1 cm³/mol. The number of para-hydroxylation sites is 1. The molecule has 0 aromatic heterocycles. The second kappa shape index (κ2) is 7.47. The van der Waals surface area contributed by atoms with Crippen LogP contribution in [0.3, 0.4) is 0 Å². The van der Waals surface area contributed by atoms with Crippen molar-refractivity contribution in [1.29, 1.82) is 0 Å². The third-order valence-corrected chi connectivity index (χ3v) is 4.30. The SMILES string of the molecule is Cc1ccccc1OCCCCN1CC(C)Oc2cc(N)ccc21. The Bertz CT molecular complexity index is 687. The molecule has 1 aliphatic rings. The lowest BCUT2D eigenvalue weighted by Crippen LogP contribution is -2.39. The van der Waals surface area contributed by atoms with Crippen LogP contribution in [-0.2, 0) is 0 Å². The fourth-order valence-electron chi connectivity index (χ4n) is 3.07. The molecule has 0 radical (unpaired) electrons. The summed E-state index contributed by atoms with van der Waals surface area (Å²) in [6, 6.07) is 14.1. The first-order chi connectivity index (χ1) is 11.6. The zero-order chi connectivity index (χ0) is 16.9. The van der Waals surface area contributed by atoms with Gasteiger partial charge in [0.2, 0.25) is 0 Å². The minimum absolute atomic E-state index is 0.183. The molecular weight excluding hydrogens is 300 g/mol. The molecule has 2 N–H and O–H groups in total. The molecule has 0 fully saturated rings. The van der Waals surface area contributed by atoms with E-state index in [0.717, 1.165) is 55.4 Å². The lowest BCUT2D eigenvalue weighted by molar-refractivity contribution is 0.212. The van der Waals surface area contributed by atoms with Crippen LogP contribution in [0.15, 0.2) is 42.5 Å². The summed E-state index contributed by atoms with van der Waals surface area (Å²) in [5, 5.41) is 0. The van der Waals surface area contributed by atoms with Crippen molar-refractivity contribution in [2.45, 2.75) is 32.8 Å². The molecular formula is C20H26N2O2. The van der Waals surface area contributed by atoms with Gasteiger partial charge in [0.05, 0.1) is 18.8 Å². The molecule has 0 saturated heterocycles. The van der Waals surface area contributed by atoms with E-state index in [4.69, 9.17) is 15.2 Å². The van der Waals surface area contributed by atoms with E-state index >= 15 is 0 Å². The molecule has 2 aromatic carbocycles. The molecule has 128 valence electrons. The van der Waals surface area contributed by atoms with Crippen LogP contribution in [-0.4, -0.2) is 25.8 Å². The molecule has 2 aromatic rings. The summed E-state index contributed by atoms with van der Waals surface area (Å²) in [6.45, 7) is 6.84. The van der Waals surface area contributed by atoms with Crippen LogP contribution in [0.2, 0.25) is 0 Å². The number of nitrogens with two attached hydrogens (primary N) is 1. The highest BCUT2D eigenvalue weighted by atomic mass is 16.5. The highest BCUT2D eigenvalue weighted by molar-refractivity contribution is 5.65. The average molecular weight is 326 g/mol. The van der Waals surface area contributed by atoms with Crippen molar-refractivity contribution in [3.05, 3.63) is 48.0 Å².